The summed E-state index contributed by atoms with van der Waals surface area (Å²) in [4.78, 5) is 8.68. The van der Waals surface area contributed by atoms with Gasteiger partial charge in [-0.05, 0) is 0 Å². The number of unbranched alkanes of at least 4 members (excludes halogenated alkanes) is 2. The summed E-state index contributed by atoms with van der Waals surface area (Å²) in [7, 11) is 0. The molecule has 0 N–H and O–H groups in total. The smallest absolute Gasteiger partial charge is 0 e. The first kappa shape index (κ1) is 17.4. The van der Waals surface area contributed by atoms with Crippen molar-refractivity contribution in [1.82, 2.24) is 0 Å². The van der Waals surface area contributed by atoms with Crippen LogP contribution in [-0.2, 0) is 37.5 Å². The summed E-state index contributed by atoms with van der Waals surface area (Å²) >= 11 is 0. The monoisotopic (exact) mass is 227 g/mol. The fourth-order valence-electron chi connectivity index (χ4n) is 0.332. The molecule has 0 saturated carbocycles. The van der Waals surface area contributed by atoms with Crippen molar-refractivity contribution >= 4 is 6.29 Å². The van der Waals surface area contributed by atoms with Gasteiger partial charge in [-0.15, -0.1) is 25.3 Å². The van der Waals surface area contributed by atoms with E-state index < -0.39 is 0 Å². The molecule has 1 nitrogen and oxygen atoms in total. The average molecular weight is 227 g/mol. The van der Waals surface area contributed by atoms with E-state index in [4.69, 9.17) is 4.79 Å². The van der Waals surface area contributed by atoms with Crippen LogP contribution in [0.5, 0.6) is 0 Å². The molecule has 0 heterocycles. The van der Waals surface area contributed by atoms with E-state index in [1.165, 1.54) is 13.2 Å². The molecule has 0 spiro atoms. The summed E-state index contributed by atoms with van der Waals surface area (Å²) in [5, 5.41) is 0. The van der Waals surface area contributed by atoms with E-state index in [0.29, 0.717) is 0 Å². The van der Waals surface area contributed by atoms with Crippen molar-refractivity contribution in [3.8, 4) is 0 Å². The summed E-state index contributed by atoms with van der Waals surface area (Å²) in [5.74, 6) is 0. The number of rotatable bonds is 4. The molecule has 0 aliphatic carbocycles. The normalized spacial score (nSPS) is 6.27. The molecule has 0 unspecified atom stereocenters. The minimum atomic E-state index is 0. The molecule has 0 aliphatic heterocycles. The maximum atomic E-state index is 8.68. The van der Waals surface area contributed by atoms with E-state index in [2.05, 4.69) is 19.6 Å². The minimum absolute atomic E-state index is 0. The Balaban J connectivity index is -0.000000140. The first-order valence-corrected chi connectivity index (χ1v) is 3.15. The van der Waals surface area contributed by atoms with Gasteiger partial charge in [-0.25, -0.2) is 0 Å². The zero-order valence-electron chi connectivity index (χ0n) is 7.05. The van der Waals surface area contributed by atoms with Crippen LogP contribution in [0, 0.1) is 6.42 Å². The summed E-state index contributed by atoms with van der Waals surface area (Å²) in [6.45, 7) is 8.45. The predicted octanol–water partition coefficient (Wildman–Crippen LogP) is 2.46. The molecule has 0 aromatic carbocycles. The molecule has 2 heteroatoms. The average Bonchev–Trinajstić information content (AvgIpc) is 1.91. The molecular formula is C9H14OY-2. The van der Waals surface area contributed by atoms with Gasteiger partial charge in [-0.3, -0.25) is 6.29 Å². The van der Waals surface area contributed by atoms with Crippen molar-refractivity contribution in [3.05, 3.63) is 31.7 Å². The van der Waals surface area contributed by atoms with Crippen molar-refractivity contribution in [1.29, 1.82) is 0 Å². The SMILES string of the molecule is C=CC[CH-]CC=C.C[C-]=O.[Y]. The molecule has 0 bridgehead atoms. The Morgan fingerprint density at radius 3 is 1.82 bits per heavy atom. The van der Waals surface area contributed by atoms with Crippen LogP contribution < -0.4 is 0 Å². The second-order valence-corrected chi connectivity index (χ2v) is 1.54. The third-order valence-electron chi connectivity index (χ3n) is 0.667. The van der Waals surface area contributed by atoms with Crippen LogP contribution >= 0.6 is 0 Å². The van der Waals surface area contributed by atoms with Crippen LogP contribution in [-0.4, -0.2) is 6.29 Å². The van der Waals surface area contributed by atoms with Gasteiger partial charge in [0.1, 0.15) is 0 Å². The maximum absolute atomic E-state index is 8.68. The third-order valence-corrected chi connectivity index (χ3v) is 0.667. The van der Waals surface area contributed by atoms with E-state index in [1.54, 1.807) is 0 Å². The van der Waals surface area contributed by atoms with Crippen LogP contribution in [0.4, 0.5) is 0 Å². The number of hydrogen-bond donors (Lipinski definition) is 0. The fraction of sp³-hybridized carbons (Fsp3) is 0.333. The molecule has 0 fully saturated rings. The van der Waals surface area contributed by atoms with Crippen LogP contribution in [0.3, 0.4) is 0 Å². The summed E-state index contributed by atoms with van der Waals surface area (Å²) < 4.78 is 0. The minimum Gasteiger partial charge on any atom is -0.542 e. The summed E-state index contributed by atoms with van der Waals surface area (Å²) in [6.07, 6.45) is 9.37. The van der Waals surface area contributed by atoms with E-state index in [0.717, 1.165) is 12.8 Å². The Hall–Kier alpha value is 0.254. The zero-order valence-corrected chi connectivity index (χ0v) is 9.88. The third kappa shape index (κ3) is 38.6. The van der Waals surface area contributed by atoms with Gasteiger partial charge < -0.3 is 11.2 Å². The topological polar surface area (TPSA) is 17.1 Å². The second-order valence-electron chi connectivity index (χ2n) is 1.54. The second kappa shape index (κ2) is 22.5. The predicted molar refractivity (Wildman–Crippen MR) is 45.3 cm³/mol. The Morgan fingerprint density at radius 1 is 1.36 bits per heavy atom. The molecular weight excluding hydrogens is 213 g/mol. The maximum Gasteiger partial charge on any atom is 0 e. The van der Waals surface area contributed by atoms with E-state index >= 15 is 0 Å². The molecule has 0 aromatic heterocycles. The Bertz CT molecular complexity index is 81.6. The van der Waals surface area contributed by atoms with E-state index in [1.807, 2.05) is 12.2 Å². The Kier molecular flexibility index (Phi) is 35.4. The summed E-state index contributed by atoms with van der Waals surface area (Å²) in [6, 6.07) is 0. The van der Waals surface area contributed by atoms with Gasteiger partial charge in [0.15, 0.2) is 0 Å². The molecule has 0 amide bonds. The molecule has 0 atom stereocenters. The fourth-order valence-corrected chi connectivity index (χ4v) is 0.332. The molecule has 0 rings (SSSR count). The quantitative estimate of drug-likeness (QED) is 0.409. The van der Waals surface area contributed by atoms with Crippen molar-refractivity contribution < 1.29 is 37.5 Å². The van der Waals surface area contributed by atoms with Crippen molar-refractivity contribution in [3.63, 3.8) is 0 Å². The first-order chi connectivity index (χ1) is 4.83. The van der Waals surface area contributed by atoms with Crippen molar-refractivity contribution in [2.75, 3.05) is 0 Å². The first-order valence-electron chi connectivity index (χ1n) is 3.15. The van der Waals surface area contributed by atoms with E-state index in [-0.39, 0.29) is 32.7 Å². The molecule has 61 valence electrons. The largest absolute Gasteiger partial charge is 0.542 e. The van der Waals surface area contributed by atoms with Crippen LogP contribution in [0.15, 0.2) is 25.3 Å². The van der Waals surface area contributed by atoms with Crippen molar-refractivity contribution in [2.45, 2.75) is 19.8 Å². The Labute approximate surface area is 94.8 Å². The van der Waals surface area contributed by atoms with Crippen LogP contribution in [0.1, 0.15) is 19.8 Å². The molecule has 0 saturated heterocycles. The van der Waals surface area contributed by atoms with Gasteiger partial charge in [0.05, 0.1) is 0 Å². The standard InChI is InChI=1S/C7H11.C2H3O.Y/c1-3-5-7-6-4-2;1-2-3;/h3-4,7H,1-2,5-6H2;1H3;/q2*-1;. The number of allylic oxidation sites excluding steroid dienone is 2. The summed E-state index contributed by atoms with van der Waals surface area (Å²) in [5.41, 5.74) is 0. The van der Waals surface area contributed by atoms with Crippen LogP contribution in [0.2, 0.25) is 0 Å². The number of carbonyl (C=O) groups excluding carboxylic acids is 1. The molecule has 0 aromatic rings. The van der Waals surface area contributed by atoms with Gasteiger partial charge in [0.2, 0.25) is 0 Å². The van der Waals surface area contributed by atoms with Crippen molar-refractivity contribution in [2.24, 2.45) is 0 Å². The van der Waals surface area contributed by atoms with Gasteiger partial charge in [0, 0.05) is 32.7 Å². The van der Waals surface area contributed by atoms with Crippen LogP contribution in [0.25, 0.3) is 0 Å². The zero-order chi connectivity index (χ0) is 8.24. The van der Waals surface area contributed by atoms with Gasteiger partial charge in [-0.1, -0.05) is 0 Å². The number of hydrogen-bond acceptors (Lipinski definition) is 1. The molecule has 11 heavy (non-hydrogen) atoms. The molecule has 1 radical (unpaired) electrons. The molecule has 0 aliphatic rings. The van der Waals surface area contributed by atoms with E-state index in [9.17, 15) is 0 Å². The van der Waals surface area contributed by atoms with Gasteiger partial charge in [-0.2, -0.15) is 19.8 Å². The van der Waals surface area contributed by atoms with Gasteiger partial charge in [0.25, 0.3) is 0 Å². The van der Waals surface area contributed by atoms with Gasteiger partial charge >= 0.3 is 0 Å². The Morgan fingerprint density at radius 2 is 1.64 bits per heavy atom.